The Bertz CT molecular complexity index is 1070. The van der Waals surface area contributed by atoms with Crippen LogP contribution in [0.5, 0.6) is 0 Å². The van der Waals surface area contributed by atoms with Crippen LogP contribution in [0, 0.1) is 30.6 Å². The molecule has 162 valence electrons. The van der Waals surface area contributed by atoms with Gasteiger partial charge in [-0.15, -0.1) is 11.3 Å². The number of rotatable bonds is 6. The van der Waals surface area contributed by atoms with Crippen LogP contribution >= 0.6 is 11.3 Å². The van der Waals surface area contributed by atoms with Crippen LogP contribution in [0.15, 0.2) is 36.4 Å². The number of fused-ring (bicyclic) bond motifs is 2. The first-order chi connectivity index (χ1) is 14.8. The molecule has 4 rings (SSSR count). The maximum atomic E-state index is 13.2. The number of thiophene rings is 1. The van der Waals surface area contributed by atoms with Crippen molar-refractivity contribution in [3.8, 4) is 11.1 Å². The largest absolute Gasteiger partial charge is 0.481 e. The Morgan fingerprint density at radius 2 is 1.77 bits per heavy atom. The van der Waals surface area contributed by atoms with E-state index in [0.29, 0.717) is 17.0 Å². The molecule has 2 aromatic rings. The molecular weight excluding hydrogens is 414 g/mol. The van der Waals surface area contributed by atoms with Gasteiger partial charge in [0.2, 0.25) is 5.91 Å². The minimum Gasteiger partial charge on any atom is -0.481 e. The summed E-state index contributed by atoms with van der Waals surface area (Å²) in [5, 5.41) is 12.9. The minimum atomic E-state index is -0.954. The van der Waals surface area contributed by atoms with Crippen LogP contribution in [0.25, 0.3) is 11.1 Å². The molecule has 6 nitrogen and oxygen atoms in total. The van der Waals surface area contributed by atoms with Crippen LogP contribution in [-0.4, -0.2) is 30.1 Å². The number of esters is 1. The van der Waals surface area contributed by atoms with Crippen molar-refractivity contribution in [3.63, 3.8) is 0 Å². The molecule has 0 unspecified atom stereocenters. The second-order valence-electron chi connectivity index (χ2n) is 8.11. The third kappa shape index (κ3) is 3.67. The molecule has 31 heavy (non-hydrogen) atoms. The quantitative estimate of drug-likeness (QED) is 0.509. The summed E-state index contributed by atoms with van der Waals surface area (Å²) in [5.41, 5.74) is 3.11. The number of carboxylic acids is 1. The number of hydrogen-bond acceptors (Lipinski definition) is 5. The maximum Gasteiger partial charge on any atom is 0.341 e. The fourth-order valence-corrected chi connectivity index (χ4v) is 5.96. The third-order valence-electron chi connectivity index (χ3n) is 6.41. The standard InChI is InChI=1S/C24H25NO5S/c1-4-13-5-7-14(8-6-13)17-12(2)31-22(20(17)24(29)30-3)25-21(26)18-15-9-10-16(11-15)19(18)23(27)28/h5-10,15-16,18-19H,4,11H2,1-3H3,(H,25,26)(H,27,28)/t15-,16-,18+,19-/m0/s1. The predicted octanol–water partition coefficient (Wildman–Crippen LogP) is 4.53. The highest BCUT2D eigenvalue weighted by Gasteiger charge is 2.51. The van der Waals surface area contributed by atoms with Gasteiger partial charge in [0.1, 0.15) is 10.6 Å². The molecule has 0 radical (unpaired) electrons. The molecule has 2 bridgehead atoms. The number of carbonyl (C=O) groups is 3. The number of carboxylic acid groups (broad SMARTS) is 1. The van der Waals surface area contributed by atoms with Gasteiger partial charge in [-0.1, -0.05) is 43.3 Å². The minimum absolute atomic E-state index is 0.0882. The molecule has 2 aliphatic rings. The Morgan fingerprint density at radius 1 is 1.13 bits per heavy atom. The van der Waals surface area contributed by atoms with Crippen molar-refractivity contribution < 1.29 is 24.2 Å². The molecule has 1 aromatic heterocycles. The number of aliphatic carboxylic acids is 1. The summed E-state index contributed by atoms with van der Waals surface area (Å²) in [6.45, 7) is 3.98. The number of hydrogen-bond donors (Lipinski definition) is 2. The van der Waals surface area contributed by atoms with Crippen LogP contribution in [0.1, 0.15) is 34.1 Å². The van der Waals surface area contributed by atoms with Crippen molar-refractivity contribution in [2.24, 2.45) is 23.7 Å². The van der Waals surface area contributed by atoms with Crippen molar-refractivity contribution in [1.82, 2.24) is 0 Å². The fourth-order valence-electron chi connectivity index (χ4n) is 4.90. The van der Waals surface area contributed by atoms with Gasteiger partial charge in [0, 0.05) is 10.4 Å². The highest BCUT2D eigenvalue weighted by Crippen LogP contribution is 2.49. The Hall–Kier alpha value is -2.93. The monoisotopic (exact) mass is 439 g/mol. The van der Waals surface area contributed by atoms with Gasteiger partial charge in [0.15, 0.2) is 0 Å². The molecule has 1 heterocycles. The third-order valence-corrected chi connectivity index (χ3v) is 7.43. The Morgan fingerprint density at radius 3 is 2.35 bits per heavy atom. The SMILES string of the molecule is CCc1ccc(-c2c(C)sc(NC(=O)[C@H]3[C@@H](C(=O)O)[C@H]4C=C[C@H]3C4)c2C(=O)OC)cc1. The van der Waals surface area contributed by atoms with E-state index in [1.165, 1.54) is 24.0 Å². The smallest absolute Gasteiger partial charge is 0.341 e. The number of nitrogens with one attached hydrogen (secondary N) is 1. The normalized spacial score (nSPS) is 23.7. The molecule has 1 aromatic carbocycles. The van der Waals surface area contributed by atoms with Gasteiger partial charge in [0.05, 0.1) is 18.9 Å². The van der Waals surface area contributed by atoms with Crippen LogP contribution in [0.4, 0.5) is 5.00 Å². The maximum absolute atomic E-state index is 13.2. The van der Waals surface area contributed by atoms with E-state index < -0.39 is 23.8 Å². The van der Waals surface area contributed by atoms with E-state index in [-0.39, 0.29) is 17.7 Å². The average Bonchev–Trinajstić information content (AvgIpc) is 3.46. The Kier molecular flexibility index (Phi) is 5.71. The second-order valence-corrected chi connectivity index (χ2v) is 9.33. The number of methoxy groups -OCH3 is 1. The zero-order valence-electron chi connectivity index (χ0n) is 17.7. The van der Waals surface area contributed by atoms with Crippen molar-refractivity contribution in [1.29, 1.82) is 0 Å². The lowest BCUT2D eigenvalue weighted by atomic mass is 9.82. The van der Waals surface area contributed by atoms with E-state index in [9.17, 15) is 19.5 Å². The van der Waals surface area contributed by atoms with E-state index in [1.54, 1.807) is 0 Å². The number of carbonyl (C=O) groups excluding carboxylic acids is 2. The van der Waals surface area contributed by atoms with Crippen molar-refractivity contribution in [2.75, 3.05) is 12.4 Å². The average molecular weight is 440 g/mol. The van der Waals surface area contributed by atoms with E-state index in [4.69, 9.17) is 4.74 Å². The molecule has 0 aliphatic heterocycles. The number of benzene rings is 1. The molecule has 7 heteroatoms. The van der Waals surface area contributed by atoms with Gasteiger partial charge in [-0.05, 0) is 42.7 Å². The van der Waals surface area contributed by atoms with E-state index in [0.717, 1.165) is 22.4 Å². The van der Waals surface area contributed by atoms with E-state index in [1.807, 2.05) is 43.3 Å². The molecule has 2 aliphatic carbocycles. The van der Waals surface area contributed by atoms with Gasteiger partial charge in [-0.25, -0.2) is 4.79 Å². The van der Waals surface area contributed by atoms with E-state index >= 15 is 0 Å². The summed E-state index contributed by atoms with van der Waals surface area (Å²) in [6, 6.07) is 7.97. The van der Waals surface area contributed by atoms with Gasteiger partial charge >= 0.3 is 11.9 Å². The lowest BCUT2D eigenvalue weighted by Gasteiger charge is -2.23. The van der Waals surface area contributed by atoms with Crippen LogP contribution < -0.4 is 5.32 Å². The van der Waals surface area contributed by atoms with Gasteiger partial charge in [-0.3, -0.25) is 9.59 Å². The lowest BCUT2D eigenvalue weighted by molar-refractivity contribution is -0.146. The van der Waals surface area contributed by atoms with Gasteiger partial charge < -0.3 is 15.2 Å². The highest BCUT2D eigenvalue weighted by atomic mass is 32.1. The van der Waals surface area contributed by atoms with Gasteiger partial charge in [0.25, 0.3) is 0 Å². The molecule has 0 saturated heterocycles. The first-order valence-electron chi connectivity index (χ1n) is 10.4. The number of anilines is 1. The van der Waals surface area contributed by atoms with E-state index in [2.05, 4.69) is 12.2 Å². The topological polar surface area (TPSA) is 92.7 Å². The zero-order chi connectivity index (χ0) is 22.3. The number of aryl methyl sites for hydroxylation is 2. The lowest BCUT2D eigenvalue weighted by Crippen LogP contribution is -2.36. The van der Waals surface area contributed by atoms with Crippen LogP contribution in [0.2, 0.25) is 0 Å². The first-order valence-corrected chi connectivity index (χ1v) is 11.2. The first kappa shape index (κ1) is 21.3. The zero-order valence-corrected chi connectivity index (χ0v) is 18.5. The van der Waals surface area contributed by atoms with Crippen LogP contribution in [0.3, 0.4) is 0 Å². The molecule has 4 atom stereocenters. The highest BCUT2D eigenvalue weighted by molar-refractivity contribution is 7.17. The summed E-state index contributed by atoms with van der Waals surface area (Å²) < 4.78 is 5.02. The molecule has 1 amide bonds. The summed E-state index contributed by atoms with van der Waals surface area (Å²) in [6.07, 6.45) is 5.44. The van der Waals surface area contributed by atoms with Crippen molar-refractivity contribution >= 4 is 34.2 Å². The predicted molar refractivity (Wildman–Crippen MR) is 119 cm³/mol. The molecular formula is C24H25NO5S. The second kappa shape index (κ2) is 8.30. The van der Waals surface area contributed by atoms with Crippen molar-refractivity contribution in [2.45, 2.75) is 26.7 Å². The summed E-state index contributed by atoms with van der Waals surface area (Å²) in [4.78, 5) is 38.5. The summed E-state index contributed by atoms with van der Waals surface area (Å²) in [7, 11) is 1.31. The number of allylic oxidation sites excluding steroid dienone is 2. The van der Waals surface area contributed by atoms with Crippen molar-refractivity contribution in [3.05, 3.63) is 52.4 Å². The fraction of sp³-hybridized carbons (Fsp3) is 0.375. The number of amides is 1. The summed E-state index contributed by atoms with van der Waals surface area (Å²) in [5.74, 6) is -3.43. The number of ether oxygens (including phenoxy) is 1. The summed E-state index contributed by atoms with van der Waals surface area (Å²) >= 11 is 1.31. The Labute approximate surface area is 184 Å². The molecule has 1 saturated carbocycles. The molecule has 2 N–H and O–H groups in total. The van der Waals surface area contributed by atoms with Crippen LogP contribution in [-0.2, 0) is 20.7 Å². The molecule has 1 fully saturated rings. The Balaban J connectivity index is 1.70. The molecule has 0 spiro atoms. The van der Waals surface area contributed by atoms with Gasteiger partial charge in [-0.2, -0.15) is 0 Å².